The molecule has 0 nitrogen and oxygen atoms in total. The lowest BCUT2D eigenvalue weighted by atomic mass is 9.14. The summed E-state index contributed by atoms with van der Waals surface area (Å²) in [4.78, 5) is 0. The van der Waals surface area contributed by atoms with Crippen molar-refractivity contribution in [1.29, 1.82) is 0 Å². The SMILES string of the molecule is CCCC[B-](c1ccccc1)(c1ccccc1)c1ccccc1. The molecule has 0 aliphatic carbocycles. The number of hydrogen-bond donors (Lipinski definition) is 0. The fourth-order valence-electron chi connectivity index (χ4n) is 3.93. The van der Waals surface area contributed by atoms with Crippen molar-refractivity contribution >= 4 is 22.5 Å². The summed E-state index contributed by atoms with van der Waals surface area (Å²) in [6, 6.07) is 33.2. The van der Waals surface area contributed by atoms with Gasteiger partial charge < -0.3 is 0 Å². The maximum atomic E-state index is 2.30. The van der Waals surface area contributed by atoms with Crippen LogP contribution in [0.3, 0.4) is 0 Å². The van der Waals surface area contributed by atoms with E-state index in [1.807, 2.05) is 0 Å². The molecule has 0 bridgehead atoms. The third kappa shape index (κ3) is 3.10. The van der Waals surface area contributed by atoms with Gasteiger partial charge in [0.2, 0.25) is 0 Å². The molecule has 0 saturated carbocycles. The van der Waals surface area contributed by atoms with Crippen molar-refractivity contribution in [1.82, 2.24) is 0 Å². The van der Waals surface area contributed by atoms with E-state index < -0.39 is 6.15 Å². The fraction of sp³-hybridized carbons (Fsp3) is 0.182. The Bertz CT molecular complexity index is 608. The minimum Gasteiger partial charge on any atom is -0.200 e. The smallest absolute Gasteiger partial charge is 0.0814 e. The largest absolute Gasteiger partial charge is 0.200 e. The molecule has 0 N–H and O–H groups in total. The molecule has 0 saturated heterocycles. The molecule has 3 aromatic rings. The second-order valence-electron chi connectivity index (χ2n) is 6.42. The quantitative estimate of drug-likeness (QED) is 0.604. The van der Waals surface area contributed by atoms with Gasteiger partial charge in [0.05, 0.1) is 6.15 Å². The third-order valence-corrected chi connectivity index (χ3v) is 5.10. The summed E-state index contributed by atoms with van der Waals surface area (Å²) in [5.74, 6) is 0. The highest BCUT2D eigenvalue weighted by molar-refractivity contribution is 7.11. The van der Waals surface area contributed by atoms with Gasteiger partial charge in [-0.05, 0) is 0 Å². The van der Waals surface area contributed by atoms with E-state index >= 15 is 0 Å². The van der Waals surface area contributed by atoms with Crippen molar-refractivity contribution in [3.63, 3.8) is 0 Å². The van der Waals surface area contributed by atoms with E-state index in [0.717, 1.165) is 0 Å². The van der Waals surface area contributed by atoms with Gasteiger partial charge in [0.25, 0.3) is 0 Å². The molecule has 3 rings (SSSR count). The standard InChI is InChI=1S/C22H24B/c1-2-3-19-23(20-13-7-4-8-14-20,21-15-9-5-10-16-21)22-17-11-6-12-18-22/h4-18H,2-3,19H2,1H3/q-1. The second-order valence-corrected chi connectivity index (χ2v) is 6.42. The highest BCUT2D eigenvalue weighted by atomic mass is 14.1. The van der Waals surface area contributed by atoms with Gasteiger partial charge in [0, 0.05) is 0 Å². The van der Waals surface area contributed by atoms with Crippen LogP contribution in [0.15, 0.2) is 91.0 Å². The molecule has 116 valence electrons. The first-order chi connectivity index (χ1) is 11.4. The number of hydrogen-bond acceptors (Lipinski definition) is 0. The number of rotatable bonds is 6. The minimum absolute atomic E-state index is 0.913. The molecular formula is C22H24B-. The van der Waals surface area contributed by atoms with Gasteiger partial charge >= 0.3 is 0 Å². The Hall–Kier alpha value is -2.28. The maximum Gasteiger partial charge on any atom is 0.0814 e. The molecule has 0 radical (unpaired) electrons. The zero-order chi connectivity index (χ0) is 16.0. The predicted molar refractivity (Wildman–Crippen MR) is 104 cm³/mol. The molecule has 3 aromatic carbocycles. The Morgan fingerprint density at radius 3 is 1.22 bits per heavy atom. The monoisotopic (exact) mass is 299 g/mol. The lowest BCUT2D eigenvalue weighted by molar-refractivity contribution is 0.874. The molecule has 1 heteroatoms. The van der Waals surface area contributed by atoms with Crippen LogP contribution in [0, 0.1) is 0 Å². The van der Waals surface area contributed by atoms with Crippen LogP contribution in [0.1, 0.15) is 19.8 Å². The van der Waals surface area contributed by atoms with Crippen LogP contribution in [0.2, 0.25) is 6.32 Å². The van der Waals surface area contributed by atoms with Crippen LogP contribution < -0.4 is 16.4 Å². The predicted octanol–water partition coefficient (Wildman–Crippen LogP) is 3.96. The molecule has 0 fully saturated rings. The van der Waals surface area contributed by atoms with Gasteiger partial charge in [-0.15, -0.1) is 0 Å². The molecule has 0 spiro atoms. The van der Waals surface area contributed by atoms with Crippen molar-refractivity contribution in [2.75, 3.05) is 0 Å². The molecule has 0 aromatic heterocycles. The lowest BCUT2D eigenvalue weighted by Gasteiger charge is -2.43. The summed E-state index contributed by atoms with van der Waals surface area (Å²) in [5.41, 5.74) is 4.33. The van der Waals surface area contributed by atoms with Gasteiger partial charge in [-0.2, -0.15) is 22.7 Å². The molecule has 0 atom stereocenters. The van der Waals surface area contributed by atoms with E-state index in [-0.39, 0.29) is 0 Å². The first-order valence-corrected chi connectivity index (χ1v) is 8.71. The van der Waals surface area contributed by atoms with E-state index in [9.17, 15) is 0 Å². The molecule has 23 heavy (non-hydrogen) atoms. The average Bonchev–Trinajstić information content (AvgIpc) is 2.65. The molecule has 0 amide bonds. The fourth-order valence-corrected chi connectivity index (χ4v) is 3.93. The van der Waals surface area contributed by atoms with Crippen LogP contribution >= 0.6 is 0 Å². The van der Waals surface area contributed by atoms with Gasteiger partial charge in [-0.1, -0.05) is 111 Å². The Morgan fingerprint density at radius 2 is 0.913 bits per heavy atom. The topological polar surface area (TPSA) is 0 Å². The normalized spacial score (nSPS) is 11.3. The Labute approximate surface area is 140 Å². The molecule has 0 aliphatic heterocycles. The van der Waals surface area contributed by atoms with E-state index in [2.05, 4.69) is 97.9 Å². The summed E-state index contributed by atoms with van der Waals surface area (Å²) in [6.45, 7) is 2.28. The molecule has 0 aliphatic rings. The first-order valence-electron chi connectivity index (χ1n) is 8.71. The van der Waals surface area contributed by atoms with Gasteiger partial charge in [0.15, 0.2) is 0 Å². The van der Waals surface area contributed by atoms with Crippen LogP contribution in [-0.2, 0) is 0 Å². The minimum atomic E-state index is -0.913. The van der Waals surface area contributed by atoms with Crippen molar-refractivity contribution in [3.8, 4) is 0 Å². The van der Waals surface area contributed by atoms with E-state index in [4.69, 9.17) is 0 Å². The van der Waals surface area contributed by atoms with E-state index in [1.54, 1.807) is 0 Å². The Morgan fingerprint density at radius 1 is 0.565 bits per heavy atom. The zero-order valence-electron chi connectivity index (χ0n) is 13.9. The summed E-state index contributed by atoms with van der Waals surface area (Å²) in [7, 11) is 0. The van der Waals surface area contributed by atoms with Crippen LogP contribution in [0.5, 0.6) is 0 Å². The van der Waals surface area contributed by atoms with Crippen molar-refractivity contribution in [2.45, 2.75) is 26.1 Å². The summed E-state index contributed by atoms with van der Waals surface area (Å²) >= 11 is 0. The van der Waals surface area contributed by atoms with Gasteiger partial charge in [-0.3, -0.25) is 0 Å². The highest BCUT2D eigenvalue weighted by Gasteiger charge is 2.28. The van der Waals surface area contributed by atoms with Gasteiger partial charge in [-0.25, -0.2) is 0 Å². The lowest BCUT2D eigenvalue weighted by Crippen LogP contribution is -2.66. The molecular weight excluding hydrogens is 275 g/mol. The third-order valence-electron chi connectivity index (χ3n) is 5.10. The van der Waals surface area contributed by atoms with Crippen LogP contribution in [0.25, 0.3) is 0 Å². The van der Waals surface area contributed by atoms with Crippen molar-refractivity contribution in [3.05, 3.63) is 91.0 Å². The zero-order valence-corrected chi connectivity index (χ0v) is 13.9. The molecule has 0 heterocycles. The van der Waals surface area contributed by atoms with Crippen LogP contribution in [0.4, 0.5) is 0 Å². The second kappa shape index (κ2) is 7.33. The number of benzene rings is 3. The van der Waals surface area contributed by atoms with Crippen molar-refractivity contribution in [2.24, 2.45) is 0 Å². The summed E-state index contributed by atoms with van der Waals surface area (Å²) < 4.78 is 0. The highest BCUT2D eigenvalue weighted by Crippen LogP contribution is 2.16. The Kier molecular flexibility index (Phi) is 4.97. The van der Waals surface area contributed by atoms with E-state index in [0.29, 0.717) is 0 Å². The Balaban J connectivity index is 2.25. The van der Waals surface area contributed by atoms with Crippen LogP contribution in [-0.4, -0.2) is 6.15 Å². The molecule has 0 unspecified atom stereocenters. The van der Waals surface area contributed by atoms with E-state index in [1.165, 1.54) is 35.6 Å². The maximum absolute atomic E-state index is 2.30. The average molecular weight is 299 g/mol. The summed E-state index contributed by atoms with van der Waals surface area (Å²) in [6.07, 6.45) is 2.73. The number of unbranched alkanes of at least 4 members (excludes halogenated alkanes) is 1. The van der Waals surface area contributed by atoms with Gasteiger partial charge in [0.1, 0.15) is 0 Å². The summed E-state index contributed by atoms with van der Waals surface area (Å²) in [5, 5.41) is 0. The van der Waals surface area contributed by atoms with Crippen molar-refractivity contribution < 1.29 is 0 Å². The first kappa shape index (κ1) is 15.6.